The van der Waals surface area contributed by atoms with E-state index in [4.69, 9.17) is 11.6 Å². The zero-order valence-electron chi connectivity index (χ0n) is 9.91. The summed E-state index contributed by atoms with van der Waals surface area (Å²) in [6, 6.07) is 13.2. The van der Waals surface area contributed by atoms with Gasteiger partial charge in [-0.1, -0.05) is 29.3 Å². The van der Waals surface area contributed by atoms with E-state index in [2.05, 4.69) is 34.7 Å². The first-order chi connectivity index (χ1) is 8.56. The van der Waals surface area contributed by atoms with Crippen LogP contribution < -0.4 is 0 Å². The predicted octanol–water partition coefficient (Wildman–Crippen LogP) is 4.68. The van der Waals surface area contributed by atoms with E-state index in [0.29, 0.717) is 17.0 Å². The third kappa shape index (κ3) is 3.33. The fraction of sp³-hybridized carbons (Fsp3) is 0.133. The summed E-state index contributed by atoms with van der Waals surface area (Å²) < 4.78 is 1.13. The van der Waals surface area contributed by atoms with Crippen LogP contribution in [0.3, 0.4) is 0 Å². The molecule has 2 aromatic rings. The first-order valence-corrected chi connectivity index (χ1v) is 7.06. The fourth-order valence-corrected chi connectivity index (χ4v) is 2.40. The minimum Gasteiger partial charge on any atom is -0.294 e. The molecule has 0 aliphatic rings. The summed E-state index contributed by atoms with van der Waals surface area (Å²) in [7, 11) is 0. The third-order valence-corrected chi connectivity index (χ3v) is 4.02. The zero-order chi connectivity index (χ0) is 13.1. The third-order valence-electron chi connectivity index (χ3n) is 2.72. The van der Waals surface area contributed by atoms with E-state index in [0.717, 1.165) is 9.13 Å². The van der Waals surface area contributed by atoms with Crippen molar-refractivity contribution in [3.63, 3.8) is 0 Å². The smallest absolute Gasteiger partial charge is 0.167 e. The van der Waals surface area contributed by atoms with Crippen LogP contribution in [-0.4, -0.2) is 5.78 Å². The van der Waals surface area contributed by atoms with Crippen LogP contribution >= 0.6 is 34.2 Å². The molecule has 0 heterocycles. The molecule has 0 radical (unpaired) electrons. The van der Waals surface area contributed by atoms with E-state index >= 15 is 0 Å². The minimum absolute atomic E-state index is 0.121. The van der Waals surface area contributed by atoms with Crippen LogP contribution in [0.4, 0.5) is 0 Å². The molecule has 0 atom stereocenters. The molecule has 0 amide bonds. The highest BCUT2D eigenvalue weighted by atomic mass is 127. The van der Waals surface area contributed by atoms with Gasteiger partial charge in [0, 0.05) is 20.6 Å². The van der Waals surface area contributed by atoms with E-state index < -0.39 is 0 Å². The van der Waals surface area contributed by atoms with Crippen molar-refractivity contribution < 1.29 is 4.79 Å². The molecule has 0 aromatic heterocycles. The molecule has 1 nitrogen and oxygen atoms in total. The van der Waals surface area contributed by atoms with Gasteiger partial charge in [-0.05, 0) is 65.4 Å². The summed E-state index contributed by atoms with van der Waals surface area (Å²) in [6.07, 6.45) is 0.432. The van der Waals surface area contributed by atoms with Gasteiger partial charge in [0.1, 0.15) is 0 Å². The summed E-state index contributed by atoms with van der Waals surface area (Å²) in [5.41, 5.74) is 2.96. The molecule has 0 aliphatic heterocycles. The Labute approximate surface area is 125 Å². The molecule has 0 saturated heterocycles. The molecule has 0 fully saturated rings. The fourth-order valence-electron chi connectivity index (χ4n) is 1.75. The van der Waals surface area contributed by atoms with Crippen LogP contribution in [-0.2, 0) is 6.42 Å². The molecule has 2 aromatic carbocycles. The number of hydrogen-bond donors (Lipinski definition) is 0. The van der Waals surface area contributed by atoms with Crippen molar-refractivity contribution in [1.29, 1.82) is 0 Å². The van der Waals surface area contributed by atoms with Gasteiger partial charge in [-0.15, -0.1) is 0 Å². The van der Waals surface area contributed by atoms with Gasteiger partial charge < -0.3 is 0 Å². The number of aryl methyl sites for hydroxylation is 1. The van der Waals surface area contributed by atoms with Gasteiger partial charge in [-0.3, -0.25) is 4.79 Å². The Morgan fingerprint density at radius 3 is 2.50 bits per heavy atom. The van der Waals surface area contributed by atoms with E-state index in [1.165, 1.54) is 5.56 Å². The van der Waals surface area contributed by atoms with Crippen LogP contribution in [0.2, 0.25) is 5.02 Å². The Hall–Kier alpha value is -0.870. The Kier molecular flexibility index (Phi) is 4.40. The van der Waals surface area contributed by atoms with Crippen LogP contribution in [0.15, 0.2) is 42.5 Å². The quantitative estimate of drug-likeness (QED) is 0.566. The van der Waals surface area contributed by atoms with Crippen molar-refractivity contribution in [3.05, 3.63) is 67.7 Å². The summed E-state index contributed by atoms with van der Waals surface area (Å²) in [6.45, 7) is 2.03. The topological polar surface area (TPSA) is 17.1 Å². The summed E-state index contributed by atoms with van der Waals surface area (Å²) in [5, 5.41) is 0.650. The number of carbonyl (C=O) groups is 1. The monoisotopic (exact) mass is 370 g/mol. The van der Waals surface area contributed by atoms with Gasteiger partial charge in [-0.2, -0.15) is 0 Å². The zero-order valence-corrected chi connectivity index (χ0v) is 12.8. The number of Topliss-reactive ketones (excluding diaryl/α,β-unsaturated/α-hetero) is 1. The second-order valence-electron chi connectivity index (χ2n) is 4.20. The normalized spacial score (nSPS) is 10.4. The lowest BCUT2D eigenvalue weighted by atomic mass is 10.0. The van der Waals surface area contributed by atoms with Crippen LogP contribution in [0.1, 0.15) is 21.5 Å². The van der Waals surface area contributed by atoms with Crippen molar-refractivity contribution >= 4 is 40.0 Å². The van der Waals surface area contributed by atoms with Crippen molar-refractivity contribution in [1.82, 2.24) is 0 Å². The Morgan fingerprint density at radius 2 is 1.83 bits per heavy atom. The molecule has 18 heavy (non-hydrogen) atoms. The van der Waals surface area contributed by atoms with Crippen LogP contribution in [0.5, 0.6) is 0 Å². The maximum atomic E-state index is 12.1. The van der Waals surface area contributed by atoms with Crippen molar-refractivity contribution in [2.45, 2.75) is 13.3 Å². The minimum atomic E-state index is 0.121. The van der Waals surface area contributed by atoms with E-state index in [-0.39, 0.29) is 5.78 Å². The Bertz CT molecular complexity index is 576. The standard InChI is InChI=1S/C15H12ClIO/c1-10-2-7-14(17)12(8-10)9-15(18)11-3-5-13(16)6-4-11/h2-8H,9H2,1H3. The molecule has 92 valence electrons. The van der Waals surface area contributed by atoms with E-state index in [1.54, 1.807) is 24.3 Å². The molecule has 3 heteroatoms. The second kappa shape index (κ2) is 5.85. The van der Waals surface area contributed by atoms with Gasteiger partial charge in [0.05, 0.1) is 0 Å². The van der Waals surface area contributed by atoms with Crippen LogP contribution in [0.25, 0.3) is 0 Å². The summed E-state index contributed by atoms with van der Waals surface area (Å²) >= 11 is 8.07. The molecule has 0 spiro atoms. The Morgan fingerprint density at radius 1 is 1.17 bits per heavy atom. The molecule has 0 N–H and O–H groups in total. The molecule has 0 unspecified atom stereocenters. The molecule has 0 saturated carbocycles. The molecule has 0 bridgehead atoms. The predicted molar refractivity (Wildman–Crippen MR) is 83.4 cm³/mol. The van der Waals surface area contributed by atoms with Gasteiger partial charge in [0.25, 0.3) is 0 Å². The lowest BCUT2D eigenvalue weighted by molar-refractivity contribution is 0.0993. The number of hydrogen-bond acceptors (Lipinski definition) is 1. The van der Waals surface area contributed by atoms with E-state index in [1.807, 2.05) is 13.0 Å². The summed E-state index contributed by atoms with van der Waals surface area (Å²) in [4.78, 5) is 12.1. The van der Waals surface area contributed by atoms with Gasteiger partial charge in [0.15, 0.2) is 5.78 Å². The van der Waals surface area contributed by atoms with Crippen molar-refractivity contribution in [2.75, 3.05) is 0 Å². The molecule has 0 aliphatic carbocycles. The number of ketones is 1. The maximum Gasteiger partial charge on any atom is 0.167 e. The molecule has 2 rings (SSSR count). The van der Waals surface area contributed by atoms with Gasteiger partial charge in [0.2, 0.25) is 0 Å². The average molecular weight is 371 g/mol. The highest BCUT2D eigenvalue weighted by Gasteiger charge is 2.09. The van der Waals surface area contributed by atoms with E-state index in [9.17, 15) is 4.79 Å². The van der Waals surface area contributed by atoms with Crippen LogP contribution in [0, 0.1) is 10.5 Å². The number of benzene rings is 2. The lowest BCUT2D eigenvalue weighted by Crippen LogP contribution is -2.05. The highest BCUT2D eigenvalue weighted by molar-refractivity contribution is 14.1. The summed E-state index contributed by atoms with van der Waals surface area (Å²) in [5.74, 6) is 0.121. The second-order valence-corrected chi connectivity index (χ2v) is 5.80. The first kappa shape index (κ1) is 13.6. The highest BCUT2D eigenvalue weighted by Crippen LogP contribution is 2.17. The molecular weight excluding hydrogens is 359 g/mol. The number of halogens is 2. The number of carbonyl (C=O) groups excluding carboxylic acids is 1. The maximum absolute atomic E-state index is 12.1. The first-order valence-electron chi connectivity index (χ1n) is 5.60. The Balaban J connectivity index is 2.21. The van der Waals surface area contributed by atoms with Gasteiger partial charge in [-0.25, -0.2) is 0 Å². The average Bonchev–Trinajstić information content (AvgIpc) is 2.34. The lowest BCUT2D eigenvalue weighted by Gasteiger charge is -2.05. The molecular formula is C15H12ClIO. The SMILES string of the molecule is Cc1ccc(I)c(CC(=O)c2ccc(Cl)cc2)c1. The van der Waals surface area contributed by atoms with Gasteiger partial charge >= 0.3 is 0 Å². The van der Waals surface area contributed by atoms with Crippen molar-refractivity contribution in [2.24, 2.45) is 0 Å². The number of rotatable bonds is 3. The largest absolute Gasteiger partial charge is 0.294 e. The van der Waals surface area contributed by atoms with Crippen molar-refractivity contribution in [3.8, 4) is 0 Å².